The lowest BCUT2D eigenvalue weighted by Gasteiger charge is -2.08. The van der Waals surface area contributed by atoms with E-state index in [1.165, 1.54) is 6.08 Å². The third kappa shape index (κ3) is 4.12. The van der Waals surface area contributed by atoms with Crippen LogP contribution in [-0.2, 0) is 6.61 Å². The van der Waals surface area contributed by atoms with Crippen molar-refractivity contribution in [2.45, 2.75) is 6.61 Å². The predicted molar refractivity (Wildman–Crippen MR) is 84.6 cm³/mol. The smallest absolute Gasteiger partial charge is 0.138 e. The molecule has 20 heavy (non-hydrogen) atoms. The molecule has 0 aliphatic heterocycles. The second kappa shape index (κ2) is 7.14. The minimum Gasteiger partial charge on any atom is -0.487 e. The fourth-order valence-corrected chi connectivity index (χ4v) is 2.12. The van der Waals surface area contributed by atoms with E-state index in [9.17, 15) is 0 Å². The second-order valence-electron chi connectivity index (χ2n) is 4.07. The summed E-state index contributed by atoms with van der Waals surface area (Å²) in [6.45, 7) is 0.459. The van der Waals surface area contributed by atoms with Gasteiger partial charge in [0.2, 0.25) is 0 Å². The fourth-order valence-electron chi connectivity index (χ4n) is 1.61. The van der Waals surface area contributed by atoms with E-state index in [1.54, 1.807) is 18.2 Å². The van der Waals surface area contributed by atoms with Gasteiger partial charge in [0.1, 0.15) is 12.4 Å². The zero-order valence-electron chi connectivity index (χ0n) is 10.5. The fraction of sp³-hybridized carbons (Fsp3) is 0.0625. The molecule has 4 heteroatoms. The number of rotatable bonds is 4. The second-order valence-corrected chi connectivity index (χ2v) is 5.39. The van der Waals surface area contributed by atoms with Gasteiger partial charge in [0, 0.05) is 10.5 Å². The molecule has 2 aromatic rings. The van der Waals surface area contributed by atoms with Gasteiger partial charge in [-0.25, -0.2) is 0 Å². The zero-order valence-corrected chi connectivity index (χ0v) is 12.9. The molecule has 0 radical (unpaired) electrons. The molecular weight excluding hydrogens is 338 g/mol. The molecule has 0 atom stereocenters. The van der Waals surface area contributed by atoms with E-state index >= 15 is 0 Å². The Morgan fingerprint density at radius 2 is 1.95 bits per heavy atom. The van der Waals surface area contributed by atoms with Crippen molar-refractivity contribution in [3.05, 3.63) is 69.2 Å². The number of hydrogen-bond acceptors (Lipinski definition) is 2. The summed E-state index contributed by atoms with van der Waals surface area (Å²) in [7, 11) is 0. The van der Waals surface area contributed by atoms with Gasteiger partial charge in [-0.2, -0.15) is 5.26 Å². The lowest BCUT2D eigenvalue weighted by Crippen LogP contribution is -1.95. The monoisotopic (exact) mass is 347 g/mol. The lowest BCUT2D eigenvalue weighted by atomic mass is 10.2. The van der Waals surface area contributed by atoms with Gasteiger partial charge < -0.3 is 4.74 Å². The van der Waals surface area contributed by atoms with Crippen molar-refractivity contribution in [1.29, 1.82) is 5.26 Å². The molecule has 0 aliphatic rings. The third-order valence-corrected chi connectivity index (χ3v) is 3.44. The molecular formula is C16H11BrClNO. The summed E-state index contributed by atoms with van der Waals surface area (Å²) in [6, 6.07) is 15.3. The molecule has 0 fully saturated rings. The van der Waals surface area contributed by atoms with Gasteiger partial charge in [-0.15, -0.1) is 0 Å². The summed E-state index contributed by atoms with van der Waals surface area (Å²) in [6.07, 6.45) is 3.11. The number of hydrogen-bond donors (Lipinski definition) is 0. The van der Waals surface area contributed by atoms with E-state index in [0.29, 0.717) is 17.4 Å². The van der Waals surface area contributed by atoms with Crippen molar-refractivity contribution < 1.29 is 4.74 Å². The molecule has 0 heterocycles. The van der Waals surface area contributed by atoms with Gasteiger partial charge in [0.05, 0.1) is 11.1 Å². The van der Waals surface area contributed by atoms with Gasteiger partial charge in [-0.1, -0.05) is 45.7 Å². The van der Waals surface area contributed by atoms with Gasteiger partial charge in [0.25, 0.3) is 0 Å². The molecule has 0 aliphatic carbocycles. The van der Waals surface area contributed by atoms with Crippen molar-refractivity contribution in [3.8, 4) is 11.8 Å². The maximum atomic E-state index is 8.48. The van der Waals surface area contributed by atoms with Crippen molar-refractivity contribution >= 4 is 33.6 Å². The van der Waals surface area contributed by atoms with E-state index in [-0.39, 0.29) is 0 Å². The van der Waals surface area contributed by atoms with E-state index in [2.05, 4.69) is 15.9 Å². The highest BCUT2D eigenvalue weighted by molar-refractivity contribution is 9.10. The van der Waals surface area contributed by atoms with Crippen LogP contribution in [0.2, 0.25) is 5.02 Å². The van der Waals surface area contributed by atoms with Gasteiger partial charge in [-0.3, -0.25) is 0 Å². The highest BCUT2D eigenvalue weighted by Gasteiger charge is 2.02. The minimum atomic E-state index is 0.459. The van der Waals surface area contributed by atoms with Crippen LogP contribution < -0.4 is 4.74 Å². The first kappa shape index (κ1) is 14.6. The Morgan fingerprint density at radius 1 is 1.20 bits per heavy atom. The average molecular weight is 349 g/mol. The molecule has 0 aromatic heterocycles. The number of halogens is 2. The van der Waals surface area contributed by atoms with Gasteiger partial charge >= 0.3 is 0 Å². The topological polar surface area (TPSA) is 33.0 Å². The maximum Gasteiger partial charge on any atom is 0.138 e. The van der Waals surface area contributed by atoms with Crippen LogP contribution in [0.3, 0.4) is 0 Å². The molecule has 0 spiro atoms. The minimum absolute atomic E-state index is 0.459. The summed E-state index contributed by atoms with van der Waals surface area (Å²) in [5.74, 6) is 0.628. The molecule has 2 nitrogen and oxygen atoms in total. The van der Waals surface area contributed by atoms with Crippen LogP contribution in [0.25, 0.3) is 6.08 Å². The summed E-state index contributed by atoms with van der Waals surface area (Å²) >= 11 is 9.54. The van der Waals surface area contributed by atoms with Crippen LogP contribution in [0.1, 0.15) is 11.1 Å². The van der Waals surface area contributed by atoms with E-state index in [1.807, 2.05) is 36.4 Å². The Labute approximate surface area is 131 Å². The Bertz CT molecular complexity index is 659. The van der Waals surface area contributed by atoms with Crippen LogP contribution in [0.5, 0.6) is 5.75 Å². The Balaban J connectivity index is 2.05. The van der Waals surface area contributed by atoms with Crippen molar-refractivity contribution in [3.63, 3.8) is 0 Å². The van der Waals surface area contributed by atoms with Crippen LogP contribution in [0.4, 0.5) is 0 Å². The first-order valence-electron chi connectivity index (χ1n) is 5.92. The molecule has 2 aromatic carbocycles. The molecule has 2 rings (SSSR count). The molecule has 0 unspecified atom stereocenters. The van der Waals surface area contributed by atoms with E-state index in [0.717, 1.165) is 15.6 Å². The summed E-state index contributed by atoms with van der Waals surface area (Å²) in [5, 5.41) is 9.01. The molecule has 100 valence electrons. The molecule has 0 N–H and O–H groups in total. The maximum absolute atomic E-state index is 8.48. The average Bonchev–Trinajstić information content (AvgIpc) is 2.46. The standard InChI is InChI=1S/C16H11BrClNO/c17-14-6-3-13(4-7-14)11-20-16-8-5-12(2-1-9-19)10-15(16)18/h1-8,10H,11H2/b2-1+. The summed E-state index contributed by atoms with van der Waals surface area (Å²) in [4.78, 5) is 0. The van der Waals surface area contributed by atoms with Gasteiger partial charge in [0.15, 0.2) is 0 Å². The van der Waals surface area contributed by atoms with Crippen LogP contribution in [0.15, 0.2) is 53.0 Å². The number of ether oxygens (including phenoxy) is 1. The first-order chi connectivity index (χ1) is 9.69. The first-order valence-corrected chi connectivity index (χ1v) is 7.09. The summed E-state index contributed by atoms with van der Waals surface area (Å²) < 4.78 is 6.72. The summed E-state index contributed by atoms with van der Waals surface area (Å²) in [5.41, 5.74) is 1.94. The largest absolute Gasteiger partial charge is 0.487 e. The Morgan fingerprint density at radius 3 is 2.60 bits per heavy atom. The van der Waals surface area contributed by atoms with Crippen molar-refractivity contribution in [1.82, 2.24) is 0 Å². The highest BCUT2D eigenvalue weighted by atomic mass is 79.9. The van der Waals surface area contributed by atoms with Crippen LogP contribution in [0, 0.1) is 11.3 Å². The SMILES string of the molecule is N#C/C=C/c1ccc(OCc2ccc(Br)cc2)c(Cl)c1. The zero-order chi connectivity index (χ0) is 14.4. The van der Waals surface area contributed by atoms with Crippen LogP contribution >= 0.6 is 27.5 Å². The molecule has 0 saturated carbocycles. The van der Waals surface area contributed by atoms with Crippen LogP contribution in [-0.4, -0.2) is 0 Å². The Kier molecular flexibility index (Phi) is 5.23. The molecule has 0 saturated heterocycles. The van der Waals surface area contributed by atoms with E-state index in [4.69, 9.17) is 21.6 Å². The quantitative estimate of drug-likeness (QED) is 0.710. The van der Waals surface area contributed by atoms with E-state index < -0.39 is 0 Å². The number of nitrogens with zero attached hydrogens (tertiary/aromatic N) is 1. The van der Waals surface area contributed by atoms with Crippen molar-refractivity contribution in [2.24, 2.45) is 0 Å². The highest BCUT2D eigenvalue weighted by Crippen LogP contribution is 2.27. The lowest BCUT2D eigenvalue weighted by molar-refractivity contribution is 0.306. The van der Waals surface area contributed by atoms with Crippen molar-refractivity contribution in [2.75, 3.05) is 0 Å². The predicted octanol–water partition coefficient (Wildman–Crippen LogP) is 5.22. The third-order valence-electron chi connectivity index (χ3n) is 2.61. The molecule has 0 amide bonds. The number of nitriles is 1. The number of allylic oxidation sites excluding steroid dienone is 1. The van der Waals surface area contributed by atoms with Gasteiger partial charge in [-0.05, 0) is 41.5 Å². The number of benzene rings is 2. The molecule has 0 bridgehead atoms. The Hall–Kier alpha value is -1.76. The normalized spacial score (nSPS) is 10.4.